The molecule has 3 rings (SSSR count). The molecule has 0 fully saturated rings. The van der Waals surface area contributed by atoms with E-state index in [1.807, 2.05) is 44.2 Å². The molecule has 0 aliphatic rings. The largest absolute Gasteiger partial charge is 0.390 e. The summed E-state index contributed by atoms with van der Waals surface area (Å²) in [4.78, 5) is 41.4. The van der Waals surface area contributed by atoms with Crippen molar-refractivity contribution in [2.45, 2.75) is 58.6 Å². The Balaban J connectivity index is 1.86. The van der Waals surface area contributed by atoms with Crippen LogP contribution in [-0.4, -0.2) is 71.1 Å². The van der Waals surface area contributed by atoms with Gasteiger partial charge in [-0.1, -0.05) is 57.0 Å². The predicted molar refractivity (Wildman–Crippen MR) is 174 cm³/mol. The number of aliphatic hydroxyl groups is 1. The third-order valence-corrected chi connectivity index (χ3v) is 7.32. The minimum absolute atomic E-state index is 0.0953. The van der Waals surface area contributed by atoms with Gasteiger partial charge < -0.3 is 15.3 Å². The Hall–Kier alpha value is -4.59. The SMILES string of the molecule is C#Cc1cc(C(=O)NC(Cc2cc(F)cc(F)c2)C(O)CN(CC)NC(=O)Cc2ccccc2)cc(C(=O)N(CCC)CCC)c1. The molecule has 0 aromatic heterocycles. The van der Waals surface area contributed by atoms with Gasteiger partial charge in [-0.15, -0.1) is 6.42 Å². The summed E-state index contributed by atoms with van der Waals surface area (Å²) in [7, 11) is 0. The number of terminal acetylenes is 1. The molecule has 0 aliphatic carbocycles. The first-order chi connectivity index (χ1) is 22.1. The lowest BCUT2D eigenvalue weighted by atomic mass is 9.99. The van der Waals surface area contributed by atoms with Crippen molar-refractivity contribution in [3.05, 3.63) is 106 Å². The molecule has 0 radical (unpaired) electrons. The van der Waals surface area contributed by atoms with Crippen molar-refractivity contribution >= 4 is 17.7 Å². The molecule has 0 saturated heterocycles. The minimum Gasteiger partial charge on any atom is -0.390 e. The number of hydrogen-bond donors (Lipinski definition) is 3. The summed E-state index contributed by atoms with van der Waals surface area (Å²) in [6.07, 6.45) is 5.89. The van der Waals surface area contributed by atoms with Gasteiger partial charge in [-0.05, 0) is 60.7 Å². The molecule has 0 spiro atoms. The summed E-state index contributed by atoms with van der Waals surface area (Å²) in [6, 6.07) is 15.6. The summed E-state index contributed by atoms with van der Waals surface area (Å²) in [6.45, 7) is 7.04. The van der Waals surface area contributed by atoms with Crippen molar-refractivity contribution in [3.8, 4) is 12.3 Å². The van der Waals surface area contributed by atoms with Gasteiger partial charge in [0.1, 0.15) is 11.6 Å². The fourth-order valence-electron chi connectivity index (χ4n) is 5.12. The highest BCUT2D eigenvalue weighted by molar-refractivity contribution is 6.00. The number of halogens is 2. The summed E-state index contributed by atoms with van der Waals surface area (Å²) in [5.41, 5.74) is 4.47. The predicted octanol–water partition coefficient (Wildman–Crippen LogP) is 4.51. The van der Waals surface area contributed by atoms with E-state index in [9.17, 15) is 28.3 Å². The van der Waals surface area contributed by atoms with Gasteiger partial charge in [-0.25, -0.2) is 13.8 Å². The zero-order valence-electron chi connectivity index (χ0n) is 26.6. The number of amides is 3. The monoisotopic (exact) mass is 632 g/mol. The number of hydrogen-bond acceptors (Lipinski definition) is 5. The molecule has 3 aromatic rings. The van der Waals surface area contributed by atoms with Crippen LogP contribution in [0.25, 0.3) is 0 Å². The summed E-state index contributed by atoms with van der Waals surface area (Å²) in [5.74, 6) is -0.302. The first-order valence-electron chi connectivity index (χ1n) is 15.5. The van der Waals surface area contributed by atoms with Gasteiger partial charge in [-0.3, -0.25) is 19.8 Å². The average Bonchev–Trinajstić information content (AvgIpc) is 3.03. The van der Waals surface area contributed by atoms with E-state index in [2.05, 4.69) is 16.7 Å². The fourth-order valence-corrected chi connectivity index (χ4v) is 5.12. The molecule has 0 bridgehead atoms. The van der Waals surface area contributed by atoms with E-state index in [0.29, 0.717) is 25.2 Å². The summed E-state index contributed by atoms with van der Waals surface area (Å²) < 4.78 is 28.1. The Morgan fingerprint density at radius 2 is 1.52 bits per heavy atom. The van der Waals surface area contributed by atoms with Gasteiger partial charge in [0.25, 0.3) is 11.8 Å². The van der Waals surface area contributed by atoms with Crippen molar-refractivity contribution in [2.24, 2.45) is 0 Å². The Labute approximate surface area is 269 Å². The van der Waals surface area contributed by atoms with Crippen LogP contribution in [0.3, 0.4) is 0 Å². The molecular weight excluding hydrogens is 590 g/mol. The van der Waals surface area contributed by atoms with Crippen molar-refractivity contribution in [1.82, 2.24) is 20.7 Å². The first kappa shape index (κ1) is 35.9. The van der Waals surface area contributed by atoms with Crippen molar-refractivity contribution in [2.75, 3.05) is 26.2 Å². The number of likely N-dealkylation sites (N-methyl/N-ethyl adjacent to an activating group) is 1. The van der Waals surface area contributed by atoms with Crippen LogP contribution in [0.15, 0.2) is 66.7 Å². The van der Waals surface area contributed by atoms with Crippen LogP contribution in [0.2, 0.25) is 0 Å². The lowest BCUT2D eigenvalue weighted by molar-refractivity contribution is -0.125. The third kappa shape index (κ3) is 10.8. The molecular formula is C36H42F2N4O4. The van der Waals surface area contributed by atoms with E-state index in [1.54, 1.807) is 17.9 Å². The quantitative estimate of drug-likeness (QED) is 0.160. The summed E-state index contributed by atoms with van der Waals surface area (Å²) >= 11 is 0. The Morgan fingerprint density at radius 1 is 0.891 bits per heavy atom. The molecule has 10 heteroatoms. The lowest BCUT2D eigenvalue weighted by Gasteiger charge is -2.30. The molecule has 3 aromatic carbocycles. The number of carbonyl (C=O) groups is 3. The zero-order chi connectivity index (χ0) is 33.6. The van der Waals surface area contributed by atoms with Crippen molar-refractivity contribution in [1.29, 1.82) is 0 Å². The van der Waals surface area contributed by atoms with E-state index in [1.165, 1.54) is 17.1 Å². The standard InChI is InChI=1S/C36H42F2N4O4/c1-5-14-41(15-6-2)36(46)29-17-25(7-3)16-28(22-29)35(45)39-32(20-27-18-30(37)23-31(38)19-27)33(43)24-42(8-4)40-34(44)21-26-12-10-9-11-13-26/h3,9-13,16-19,22-23,32-33,43H,5-6,8,14-15,20-21,24H2,1-2,4H3,(H,39,45)(H,40,44). The number of carbonyl (C=O) groups excluding carboxylic acids is 3. The number of nitrogens with one attached hydrogen (secondary N) is 2. The summed E-state index contributed by atoms with van der Waals surface area (Å²) in [5, 5.41) is 15.6. The number of nitrogens with zero attached hydrogens (tertiary/aromatic N) is 2. The molecule has 0 saturated carbocycles. The zero-order valence-corrected chi connectivity index (χ0v) is 26.6. The second-order valence-corrected chi connectivity index (χ2v) is 11.1. The first-order valence-corrected chi connectivity index (χ1v) is 15.5. The van der Waals surface area contributed by atoms with Crippen LogP contribution in [0.5, 0.6) is 0 Å². The van der Waals surface area contributed by atoms with E-state index in [4.69, 9.17) is 6.42 Å². The van der Waals surface area contributed by atoms with Crippen LogP contribution in [-0.2, 0) is 17.6 Å². The maximum Gasteiger partial charge on any atom is 0.253 e. The van der Waals surface area contributed by atoms with Gasteiger partial charge in [0.2, 0.25) is 5.91 Å². The third-order valence-electron chi connectivity index (χ3n) is 7.32. The van der Waals surface area contributed by atoms with E-state index < -0.39 is 29.7 Å². The normalized spacial score (nSPS) is 12.2. The van der Waals surface area contributed by atoms with Crippen LogP contribution < -0.4 is 10.7 Å². The minimum atomic E-state index is -1.28. The molecule has 2 atom stereocenters. The van der Waals surface area contributed by atoms with Crippen molar-refractivity contribution in [3.63, 3.8) is 0 Å². The molecule has 0 aliphatic heterocycles. The Bertz CT molecular complexity index is 1500. The maximum atomic E-state index is 14.1. The molecule has 3 N–H and O–H groups in total. The van der Waals surface area contributed by atoms with Gasteiger partial charge in [0, 0.05) is 48.9 Å². The highest BCUT2D eigenvalue weighted by atomic mass is 19.1. The molecule has 46 heavy (non-hydrogen) atoms. The van der Waals surface area contributed by atoms with E-state index in [-0.39, 0.29) is 47.9 Å². The Kier molecular flexibility index (Phi) is 13.9. The van der Waals surface area contributed by atoms with Crippen LogP contribution in [0, 0.1) is 24.0 Å². The van der Waals surface area contributed by atoms with Crippen LogP contribution >= 0.6 is 0 Å². The number of rotatable bonds is 16. The molecule has 2 unspecified atom stereocenters. The second-order valence-electron chi connectivity index (χ2n) is 11.1. The highest BCUT2D eigenvalue weighted by Gasteiger charge is 2.26. The second kappa shape index (κ2) is 17.8. The number of aliphatic hydroxyl groups excluding tert-OH is 1. The van der Waals surface area contributed by atoms with Gasteiger partial charge >= 0.3 is 0 Å². The van der Waals surface area contributed by atoms with E-state index in [0.717, 1.165) is 36.6 Å². The average molecular weight is 633 g/mol. The molecule has 8 nitrogen and oxygen atoms in total. The highest BCUT2D eigenvalue weighted by Crippen LogP contribution is 2.16. The fraction of sp³-hybridized carbons (Fsp3) is 0.361. The molecule has 3 amide bonds. The smallest absolute Gasteiger partial charge is 0.253 e. The van der Waals surface area contributed by atoms with Gasteiger partial charge in [0.05, 0.1) is 18.6 Å². The molecule has 244 valence electrons. The van der Waals surface area contributed by atoms with Gasteiger partial charge in [0.15, 0.2) is 0 Å². The van der Waals surface area contributed by atoms with Crippen LogP contribution in [0.4, 0.5) is 8.78 Å². The van der Waals surface area contributed by atoms with Crippen LogP contribution in [0.1, 0.15) is 71.0 Å². The number of benzene rings is 3. The van der Waals surface area contributed by atoms with Gasteiger partial charge in [-0.2, -0.15) is 0 Å². The van der Waals surface area contributed by atoms with Crippen molar-refractivity contribution < 1.29 is 28.3 Å². The topological polar surface area (TPSA) is 102 Å². The molecule has 0 heterocycles. The lowest BCUT2D eigenvalue weighted by Crippen LogP contribution is -2.53. The number of hydrazine groups is 1. The van der Waals surface area contributed by atoms with E-state index >= 15 is 0 Å². The Morgan fingerprint density at radius 3 is 2.11 bits per heavy atom. The maximum absolute atomic E-state index is 14.1.